The number of rotatable bonds is 6. The van der Waals surface area contributed by atoms with Crippen LogP contribution in [0.1, 0.15) is 34.7 Å². The normalized spacial score (nSPS) is 18.0. The minimum Gasteiger partial charge on any atom is -0.507 e. The summed E-state index contributed by atoms with van der Waals surface area (Å²) in [5.41, 5.74) is 3.22. The molecule has 0 saturated carbocycles. The number of amides is 1. The van der Waals surface area contributed by atoms with Crippen LogP contribution in [0.5, 0.6) is 0 Å². The largest absolute Gasteiger partial charge is 0.507 e. The Morgan fingerprint density at radius 1 is 1.03 bits per heavy atom. The van der Waals surface area contributed by atoms with Crippen molar-refractivity contribution in [2.45, 2.75) is 32.9 Å². The first kappa shape index (κ1) is 20.5. The van der Waals surface area contributed by atoms with Crippen LogP contribution >= 0.6 is 0 Å². The Morgan fingerprint density at radius 2 is 1.81 bits per heavy atom. The first-order valence-corrected chi connectivity index (χ1v) is 10.2. The third-order valence-corrected chi connectivity index (χ3v) is 5.58. The zero-order chi connectivity index (χ0) is 22.0. The molecule has 1 saturated heterocycles. The van der Waals surface area contributed by atoms with Gasteiger partial charge in [0.15, 0.2) is 0 Å². The molecule has 2 aromatic heterocycles. The molecule has 1 amide bonds. The molecule has 0 aliphatic carbocycles. The van der Waals surface area contributed by atoms with Crippen molar-refractivity contribution in [2.75, 3.05) is 6.54 Å². The van der Waals surface area contributed by atoms with Crippen LogP contribution in [0.3, 0.4) is 0 Å². The lowest BCUT2D eigenvalue weighted by molar-refractivity contribution is -0.139. The summed E-state index contributed by atoms with van der Waals surface area (Å²) >= 11 is 0. The first-order valence-electron chi connectivity index (χ1n) is 10.2. The van der Waals surface area contributed by atoms with Gasteiger partial charge in [-0.15, -0.1) is 0 Å². The molecule has 1 aliphatic rings. The second kappa shape index (κ2) is 8.55. The van der Waals surface area contributed by atoms with Gasteiger partial charge in [-0.2, -0.15) is 0 Å². The van der Waals surface area contributed by atoms with Gasteiger partial charge in [-0.3, -0.25) is 14.6 Å². The Hall–Kier alpha value is -3.74. The molecule has 1 N–H and O–H groups in total. The number of aliphatic hydroxyl groups excluding tert-OH is 1. The van der Waals surface area contributed by atoms with E-state index in [0.717, 1.165) is 16.7 Å². The topological polar surface area (TPSA) is 88.3 Å². The van der Waals surface area contributed by atoms with Gasteiger partial charge in [-0.25, -0.2) is 4.98 Å². The van der Waals surface area contributed by atoms with E-state index in [1.165, 1.54) is 0 Å². The fourth-order valence-corrected chi connectivity index (χ4v) is 3.98. The second-order valence-electron chi connectivity index (χ2n) is 7.75. The van der Waals surface area contributed by atoms with Gasteiger partial charge >= 0.3 is 0 Å². The molecule has 0 bridgehead atoms. The number of aromatic nitrogens is 3. The quantitative estimate of drug-likeness (QED) is 0.378. The van der Waals surface area contributed by atoms with Crippen molar-refractivity contribution < 1.29 is 14.7 Å². The number of pyridine rings is 1. The Morgan fingerprint density at radius 3 is 2.52 bits per heavy atom. The van der Waals surface area contributed by atoms with E-state index in [0.29, 0.717) is 25.1 Å². The number of imidazole rings is 1. The molecule has 7 heteroatoms. The molecule has 158 valence electrons. The number of likely N-dealkylation sites (tertiary alicyclic amines) is 1. The van der Waals surface area contributed by atoms with Crippen LogP contribution in [0.4, 0.5) is 0 Å². The summed E-state index contributed by atoms with van der Waals surface area (Å²) in [4.78, 5) is 35.7. The maximum absolute atomic E-state index is 13.1. The molecule has 1 aliphatic heterocycles. The van der Waals surface area contributed by atoms with Crippen molar-refractivity contribution in [3.05, 3.63) is 89.3 Å². The predicted molar refractivity (Wildman–Crippen MR) is 116 cm³/mol. The van der Waals surface area contributed by atoms with E-state index in [1.807, 2.05) is 42.8 Å². The predicted octanol–water partition coefficient (Wildman–Crippen LogP) is 3.41. The monoisotopic (exact) mass is 416 g/mol. The number of benzene rings is 1. The van der Waals surface area contributed by atoms with Gasteiger partial charge in [0.25, 0.3) is 11.7 Å². The average Bonchev–Trinajstić information content (AvgIpc) is 3.38. The third-order valence-electron chi connectivity index (χ3n) is 5.58. The number of hydrogen-bond donors (Lipinski definition) is 1. The van der Waals surface area contributed by atoms with Gasteiger partial charge in [0.1, 0.15) is 5.76 Å². The lowest BCUT2D eigenvalue weighted by Gasteiger charge is -2.25. The summed E-state index contributed by atoms with van der Waals surface area (Å²) < 4.78 is 1.92. The van der Waals surface area contributed by atoms with E-state index in [-0.39, 0.29) is 11.3 Å². The lowest BCUT2D eigenvalue weighted by atomic mass is 9.93. The average molecular weight is 416 g/mol. The molecule has 7 nitrogen and oxygen atoms in total. The van der Waals surface area contributed by atoms with Crippen LogP contribution < -0.4 is 0 Å². The van der Waals surface area contributed by atoms with Crippen molar-refractivity contribution in [1.82, 2.24) is 19.4 Å². The highest BCUT2D eigenvalue weighted by Gasteiger charge is 2.45. The van der Waals surface area contributed by atoms with Gasteiger partial charge in [0, 0.05) is 43.4 Å². The van der Waals surface area contributed by atoms with Crippen LogP contribution in [-0.2, 0) is 16.1 Å². The SMILES string of the molecule is Cc1ccc(C)c(C(O)=C2C(=O)C(=O)N(CCCn3ccnc3)C2c2ccncc2)c1. The van der Waals surface area contributed by atoms with E-state index >= 15 is 0 Å². The van der Waals surface area contributed by atoms with Crippen LogP contribution in [0.2, 0.25) is 0 Å². The number of nitrogens with zero attached hydrogens (tertiary/aromatic N) is 4. The second-order valence-corrected chi connectivity index (χ2v) is 7.75. The molecule has 4 rings (SSSR count). The molecule has 1 fully saturated rings. The lowest BCUT2D eigenvalue weighted by Crippen LogP contribution is -2.31. The maximum Gasteiger partial charge on any atom is 0.295 e. The summed E-state index contributed by atoms with van der Waals surface area (Å²) in [5.74, 6) is -1.40. The Balaban J connectivity index is 1.75. The molecule has 1 aromatic carbocycles. The zero-order valence-electron chi connectivity index (χ0n) is 17.5. The zero-order valence-corrected chi connectivity index (χ0v) is 17.5. The van der Waals surface area contributed by atoms with E-state index in [1.54, 1.807) is 42.0 Å². The number of Topliss-reactive ketones (excluding diaryl/α,β-unsaturated/α-hetero) is 1. The van der Waals surface area contributed by atoms with Gasteiger partial charge in [0.05, 0.1) is 17.9 Å². The van der Waals surface area contributed by atoms with Crippen molar-refractivity contribution in [1.29, 1.82) is 0 Å². The standard InChI is InChI=1S/C24H24N4O3/c1-16-4-5-17(2)19(14-16)22(29)20-21(18-6-8-25-9-7-18)28(24(31)23(20)30)12-3-11-27-13-10-26-15-27/h4-10,13-15,21,29H,3,11-12H2,1-2H3. The minimum absolute atomic E-state index is 0.118. The maximum atomic E-state index is 13.1. The molecule has 0 spiro atoms. The van der Waals surface area contributed by atoms with Crippen molar-refractivity contribution in [3.8, 4) is 0 Å². The number of carbonyl (C=O) groups excluding carboxylic acids is 2. The van der Waals surface area contributed by atoms with Gasteiger partial charge in [-0.1, -0.05) is 17.7 Å². The van der Waals surface area contributed by atoms with Gasteiger partial charge in [0.2, 0.25) is 0 Å². The number of ketones is 1. The van der Waals surface area contributed by atoms with E-state index in [2.05, 4.69) is 9.97 Å². The Labute approximate surface area is 180 Å². The molecular weight excluding hydrogens is 392 g/mol. The highest BCUT2D eigenvalue weighted by atomic mass is 16.3. The molecule has 1 atom stereocenters. The molecule has 31 heavy (non-hydrogen) atoms. The van der Waals surface area contributed by atoms with Crippen LogP contribution in [-0.4, -0.2) is 42.8 Å². The van der Waals surface area contributed by atoms with E-state index in [9.17, 15) is 14.7 Å². The number of aliphatic hydroxyl groups is 1. The summed E-state index contributed by atoms with van der Waals surface area (Å²) in [7, 11) is 0. The van der Waals surface area contributed by atoms with Crippen molar-refractivity contribution >= 4 is 17.4 Å². The summed E-state index contributed by atoms with van der Waals surface area (Å²) in [6.45, 7) is 4.84. The van der Waals surface area contributed by atoms with Crippen molar-refractivity contribution in [3.63, 3.8) is 0 Å². The number of aryl methyl sites for hydroxylation is 3. The summed E-state index contributed by atoms with van der Waals surface area (Å²) in [5, 5.41) is 11.2. The molecular formula is C24H24N4O3. The van der Waals surface area contributed by atoms with Crippen molar-refractivity contribution in [2.24, 2.45) is 0 Å². The van der Waals surface area contributed by atoms with Crippen LogP contribution in [0.25, 0.3) is 5.76 Å². The molecule has 3 heterocycles. The van der Waals surface area contributed by atoms with E-state index < -0.39 is 17.7 Å². The Bertz CT molecular complexity index is 1140. The van der Waals surface area contributed by atoms with Crippen LogP contribution in [0, 0.1) is 13.8 Å². The van der Waals surface area contributed by atoms with Gasteiger partial charge in [-0.05, 0) is 49.6 Å². The number of hydrogen-bond acceptors (Lipinski definition) is 5. The fourth-order valence-electron chi connectivity index (χ4n) is 3.98. The highest BCUT2D eigenvalue weighted by molar-refractivity contribution is 6.46. The van der Waals surface area contributed by atoms with Gasteiger partial charge < -0.3 is 14.6 Å². The first-order chi connectivity index (χ1) is 15.0. The highest BCUT2D eigenvalue weighted by Crippen LogP contribution is 2.39. The summed E-state index contributed by atoms with van der Waals surface area (Å²) in [6, 6.07) is 8.56. The smallest absolute Gasteiger partial charge is 0.295 e. The summed E-state index contributed by atoms with van der Waals surface area (Å²) in [6.07, 6.45) is 9.17. The number of carbonyl (C=O) groups is 2. The third kappa shape index (κ3) is 3.99. The van der Waals surface area contributed by atoms with Crippen LogP contribution in [0.15, 0.2) is 67.0 Å². The molecule has 3 aromatic rings. The Kier molecular flexibility index (Phi) is 5.66. The fraction of sp³-hybridized carbons (Fsp3) is 0.250. The molecule has 1 unspecified atom stereocenters. The minimum atomic E-state index is -0.664. The molecule has 0 radical (unpaired) electrons. The van der Waals surface area contributed by atoms with E-state index in [4.69, 9.17) is 0 Å².